The molecule has 1 aliphatic rings. The van der Waals surface area contributed by atoms with Crippen LogP contribution >= 0.6 is 0 Å². The van der Waals surface area contributed by atoms with Crippen molar-refractivity contribution in [1.82, 2.24) is 15.3 Å². The number of anilines is 2. The summed E-state index contributed by atoms with van der Waals surface area (Å²) in [6, 6.07) is 6.32. The number of nitrogens with zero attached hydrogens (tertiary/aromatic N) is 2. The Hall–Kier alpha value is -3.47. The lowest BCUT2D eigenvalue weighted by Gasteiger charge is -2.19. The Kier molecular flexibility index (Phi) is 5.39. The monoisotopic (exact) mass is 476 g/mol. The van der Waals surface area contributed by atoms with E-state index in [1.807, 2.05) is 13.8 Å². The van der Waals surface area contributed by atoms with E-state index in [1.165, 1.54) is 6.07 Å². The number of halogens is 3. The van der Waals surface area contributed by atoms with Crippen LogP contribution in [0.3, 0.4) is 0 Å². The zero-order valence-corrected chi connectivity index (χ0v) is 18.6. The molecular weight excluding hydrogens is 457 g/mol. The molecule has 1 amide bonds. The second-order valence-electron chi connectivity index (χ2n) is 8.35. The predicted octanol–water partition coefficient (Wildman–Crippen LogP) is 3.83. The number of nitrogens with one attached hydrogen (secondary N) is 2. The fourth-order valence-electron chi connectivity index (χ4n) is 3.66. The molecule has 0 unspecified atom stereocenters. The highest BCUT2D eigenvalue weighted by molar-refractivity contribution is 7.89. The third kappa shape index (κ3) is 4.54. The van der Waals surface area contributed by atoms with Crippen LogP contribution in [-0.4, -0.2) is 30.5 Å². The first-order chi connectivity index (χ1) is 15.3. The van der Waals surface area contributed by atoms with E-state index in [9.17, 15) is 26.4 Å². The molecular formula is C22H19F3N4O3S. The van der Waals surface area contributed by atoms with Gasteiger partial charge in [-0.25, -0.2) is 31.6 Å². The molecule has 2 heterocycles. The van der Waals surface area contributed by atoms with Crippen molar-refractivity contribution < 1.29 is 26.4 Å². The number of benzene rings is 2. The number of rotatable bonds is 5. The molecule has 172 valence electrons. The van der Waals surface area contributed by atoms with Crippen molar-refractivity contribution in [3.63, 3.8) is 0 Å². The molecule has 4 rings (SSSR count). The van der Waals surface area contributed by atoms with Gasteiger partial charge in [-0.15, -0.1) is 0 Å². The summed E-state index contributed by atoms with van der Waals surface area (Å²) in [5.41, 5.74) is 0.276. The molecule has 11 heteroatoms. The van der Waals surface area contributed by atoms with E-state index < -0.39 is 38.6 Å². The third-order valence-electron chi connectivity index (χ3n) is 5.18. The van der Waals surface area contributed by atoms with Crippen molar-refractivity contribution in [2.75, 3.05) is 11.6 Å². The summed E-state index contributed by atoms with van der Waals surface area (Å²) in [4.78, 5) is 20.0. The number of fused-ring (bicyclic) bond motifs is 1. The van der Waals surface area contributed by atoms with Crippen LogP contribution in [0.5, 0.6) is 0 Å². The number of hydrogen-bond donors (Lipinski definition) is 2. The zero-order chi connectivity index (χ0) is 24.1. The second kappa shape index (κ2) is 7.84. The summed E-state index contributed by atoms with van der Waals surface area (Å²) in [6.45, 7) is 3.63. The van der Waals surface area contributed by atoms with Crippen LogP contribution in [0.4, 0.5) is 24.8 Å². The summed E-state index contributed by atoms with van der Waals surface area (Å²) in [7, 11) is -3.57. The summed E-state index contributed by atoms with van der Waals surface area (Å²) in [5.74, 6) is -3.79. The van der Waals surface area contributed by atoms with Gasteiger partial charge < -0.3 is 10.6 Å². The summed E-state index contributed by atoms with van der Waals surface area (Å²) >= 11 is 0. The maximum absolute atomic E-state index is 14.6. The van der Waals surface area contributed by atoms with Gasteiger partial charge in [-0.1, -0.05) is 6.07 Å². The van der Waals surface area contributed by atoms with E-state index in [2.05, 4.69) is 20.6 Å². The minimum Gasteiger partial charge on any atom is -0.343 e. The molecule has 0 bridgehead atoms. The summed E-state index contributed by atoms with van der Waals surface area (Å²) < 4.78 is 65.9. The SMILES string of the molecule is CC1(C)NC(=O)c2ccc(-c3nc(Nc4cc(CS(C)(=O)=O)c(F)cc4F)ncc3F)cc21. The largest absolute Gasteiger partial charge is 0.343 e. The summed E-state index contributed by atoms with van der Waals surface area (Å²) in [5, 5.41) is 5.38. The highest BCUT2D eigenvalue weighted by Gasteiger charge is 2.35. The molecule has 0 saturated heterocycles. The lowest BCUT2D eigenvalue weighted by molar-refractivity contribution is 0.0940. The van der Waals surface area contributed by atoms with Crippen LogP contribution in [-0.2, 0) is 21.1 Å². The van der Waals surface area contributed by atoms with Gasteiger partial charge >= 0.3 is 0 Å². The lowest BCUT2D eigenvalue weighted by atomic mass is 9.92. The fourth-order valence-corrected chi connectivity index (χ4v) is 4.44. The van der Waals surface area contributed by atoms with Crippen molar-refractivity contribution in [2.45, 2.75) is 25.1 Å². The van der Waals surface area contributed by atoms with E-state index in [1.54, 1.807) is 12.1 Å². The van der Waals surface area contributed by atoms with Crippen molar-refractivity contribution in [3.05, 3.63) is 70.7 Å². The van der Waals surface area contributed by atoms with Gasteiger partial charge in [0, 0.05) is 29.0 Å². The van der Waals surface area contributed by atoms with Gasteiger partial charge in [0.25, 0.3) is 5.91 Å². The van der Waals surface area contributed by atoms with E-state index in [4.69, 9.17) is 0 Å². The maximum atomic E-state index is 14.6. The molecule has 0 fully saturated rings. The number of sulfone groups is 1. The molecule has 1 aromatic heterocycles. The Morgan fingerprint density at radius 3 is 2.48 bits per heavy atom. The quantitative estimate of drug-likeness (QED) is 0.581. The van der Waals surface area contributed by atoms with Crippen LogP contribution < -0.4 is 10.6 Å². The van der Waals surface area contributed by atoms with Gasteiger partial charge in [-0.3, -0.25) is 4.79 Å². The standard InChI is InChI=1S/C22H19F3N4O3S/c1-22(2)14-6-11(4-5-13(14)20(30)29-22)19-17(25)9-26-21(28-19)27-18-7-12(10-33(3,31)32)15(23)8-16(18)24/h4-9H,10H2,1-3H3,(H,29,30)(H,26,27,28). The van der Waals surface area contributed by atoms with Crippen LogP contribution in [0.1, 0.15) is 35.3 Å². The Balaban J connectivity index is 1.71. The molecule has 3 aromatic rings. The molecule has 2 aromatic carbocycles. The molecule has 33 heavy (non-hydrogen) atoms. The van der Waals surface area contributed by atoms with Crippen LogP contribution in [0.25, 0.3) is 11.3 Å². The van der Waals surface area contributed by atoms with E-state index in [0.717, 1.165) is 18.5 Å². The van der Waals surface area contributed by atoms with E-state index >= 15 is 0 Å². The van der Waals surface area contributed by atoms with Gasteiger partial charge in [0.05, 0.1) is 23.2 Å². The average molecular weight is 476 g/mol. The number of hydrogen-bond acceptors (Lipinski definition) is 6. The molecule has 0 spiro atoms. The van der Waals surface area contributed by atoms with Crippen molar-refractivity contribution >= 4 is 27.4 Å². The Labute approximate surface area is 188 Å². The smallest absolute Gasteiger partial charge is 0.252 e. The Morgan fingerprint density at radius 2 is 1.79 bits per heavy atom. The zero-order valence-electron chi connectivity index (χ0n) is 17.8. The molecule has 1 aliphatic heterocycles. The highest BCUT2D eigenvalue weighted by Crippen LogP contribution is 2.34. The van der Waals surface area contributed by atoms with E-state index in [-0.39, 0.29) is 28.8 Å². The number of carbonyl (C=O) groups excluding carboxylic acids is 1. The molecule has 2 N–H and O–H groups in total. The van der Waals surface area contributed by atoms with Crippen LogP contribution in [0.15, 0.2) is 36.5 Å². The summed E-state index contributed by atoms with van der Waals surface area (Å²) in [6.07, 6.45) is 1.82. The predicted molar refractivity (Wildman–Crippen MR) is 116 cm³/mol. The fraction of sp³-hybridized carbons (Fsp3) is 0.227. The first-order valence-corrected chi connectivity index (χ1v) is 11.8. The first-order valence-electron chi connectivity index (χ1n) is 9.77. The third-order valence-corrected chi connectivity index (χ3v) is 6.02. The van der Waals surface area contributed by atoms with Gasteiger partial charge in [0.15, 0.2) is 15.7 Å². The molecule has 7 nitrogen and oxygen atoms in total. The van der Waals surface area contributed by atoms with Gasteiger partial charge in [-0.2, -0.15) is 0 Å². The molecule has 0 aliphatic carbocycles. The second-order valence-corrected chi connectivity index (χ2v) is 10.5. The van der Waals surface area contributed by atoms with Crippen molar-refractivity contribution in [3.8, 4) is 11.3 Å². The molecule has 0 atom stereocenters. The average Bonchev–Trinajstić information content (AvgIpc) is 2.94. The number of aromatic nitrogens is 2. The van der Waals surface area contributed by atoms with Gasteiger partial charge in [-0.05, 0) is 37.6 Å². The van der Waals surface area contributed by atoms with Crippen LogP contribution in [0.2, 0.25) is 0 Å². The Bertz CT molecular complexity index is 1410. The lowest BCUT2D eigenvalue weighted by Crippen LogP contribution is -2.32. The normalized spacial score (nSPS) is 14.7. The van der Waals surface area contributed by atoms with Gasteiger partial charge in [0.2, 0.25) is 5.95 Å². The Morgan fingerprint density at radius 1 is 1.06 bits per heavy atom. The van der Waals surface area contributed by atoms with Gasteiger partial charge in [0.1, 0.15) is 17.3 Å². The topological polar surface area (TPSA) is 101 Å². The number of carbonyl (C=O) groups is 1. The molecule has 0 radical (unpaired) electrons. The number of amides is 1. The molecule has 0 saturated carbocycles. The minimum absolute atomic E-state index is 0.0932. The first kappa shape index (κ1) is 22.7. The maximum Gasteiger partial charge on any atom is 0.252 e. The van der Waals surface area contributed by atoms with E-state index in [0.29, 0.717) is 22.8 Å². The van der Waals surface area contributed by atoms with Crippen LogP contribution in [0, 0.1) is 17.5 Å². The van der Waals surface area contributed by atoms with Crippen molar-refractivity contribution in [1.29, 1.82) is 0 Å². The highest BCUT2D eigenvalue weighted by atomic mass is 32.2. The minimum atomic E-state index is -3.57. The van der Waals surface area contributed by atoms with Crippen molar-refractivity contribution in [2.24, 2.45) is 0 Å².